The van der Waals surface area contributed by atoms with Crippen LogP contribution in [0.5, 0.6) is 5.75 Å². The van der Waals surface area contributed by atoms with Gasteiger partial charge in [-0.2, -0.15) is 0 Å². The van der Waals surface area contributed by atoms with Crippen molar-refractivity contribution in [3.05, 3.63) is 78.3 Å². The Morgan fingerprint density at radius 3 is 2.87 bits per heavy atom. The molecule has 0 N–H and O–H groups in total. The van der Waals surface area contributed by atoms with Crippen LogP contribution >= 0.6 is 23.4 Å². The molecule has 0 bridgehead atoms. The van der Waals surface area contributed by atoms with Gasteiger partial charge >= 0.3 is 0 Å². The van der Waals surface area contributed by atoms with Crippen LogP contribution in [0.1, 0.15) is 5.89 Å². The largest absolute Gasteiger partial charge is 0.496 e. The van der Waals surface area contributed by atoms with Crippen molar-refractivity contribution in [3.63, 3.8) is 0 Å². The van der Waals surface area contributed by atoms with Crippen LogP contribution < -0.4 is 4.74 Å². The van der Waals surface area contributed by atoms with Gasteiger partial charge < -0.3 is 9.15 Å². The van der Waals surface area contributed by atoms with Gasteiger partial charge in [-0.05, 0) is 24.3 Å². The molecule has 0 saturated heterocycles. The van der Waals surface area contributed by atoms with E-state index >= 15 is 0 Å². The number of benzene rings is 2. The molecule has 0 fully saturated rings. The number of nitrogens with zero attached hydrogens (tertiary/aromatic N) is 4. The van der Waals surface area contributed by atoms with Crippen LogP contribution in [0.3, 0.4) is 0 Å². The van der Waals surface area contributed by atoms with E-state index in [4.69, 9.17) is 20.8 Å². The molecule has 2 aromatic carbocycles. The third-order valence-electron chi connectivity index (χ3n) is 4.36. The summed E-state index contributed by atoms with van der Waals surface area (Å²) in [7, 11) is 1.64. The van der Waals surface area contributed by atoms with Crippen LogP contribution in [-0.2, 0) is 12.3 Å². The summed E-state index contributed by atoms with van der Waals surface area (Å²) in [5.74, 6) is 3.26. The molecule has 0 unspecified atom stereocenters. The predicted octanol–water partition coefficient (Wildman–Crippen LogP) is 5.74. The Hall–Kier alpha value is -3.03. The highest BCUT2D eigenvalue weighted by Crippen LogP contribution is 2.32. The summed E-state index contributed by atoms with van der Waals surface area (Å²) in [4.78, 5) is 4.38. The number of para-hydroxylation sites is 1. The molecule has 4 aromatic rings. The normalized spacial score (nSPS) is 10.9. The first kappa shape index (κ1) is 20.3. The van der Waals surface area contributed by atoms with Gasteiger partial charge in [0, 0.05) is 17.1 Å². The zero-order valence-corrected chi connectivity index (χ0v) is 17.9. The minimum Gasteiger partial charge on any atom is -0.496 e. The summed E-state index contributed by atoms with van der Waals surface area (Å²) >= 11 is 7.56. The summed E-state index contributed by atoms with van der Waals surface area (Å²) in [5.41, 5.74) is 1.76. The number of thioether (sulfide) groups is 1. The van der Waals surface area contributed by atoms with Crippen molar-refractivity contribution in [3.8, 4) is 28.5 Å². The molecule has 4 rings (SSSR count). The molecular weight excluding hydrogens is 420 g/mol. The van der Waals surface area contributed by atoms with E-state index in [0.29, 0.717) is 29.0 Å². The first-order chi connectivity index (χ1) is 14.7. The average Bonchev–Trinajstić information content (AvgIpc) is 3.40. The lowest BCUT2D eigenvalue weighted by Gasteiger charge is -2.10. The van der Waals surface area contributed by atoms with E-state index in [2.05, 4.69) is 21.8 Å². The molecule has 2 aromatic heterocycles. The summed E-state index contributed by atoms with van der Waals surface area (Å²) in [6, 6.07) is 15.2. The van der Waals surface area contributed by atoms with E-state index in [1.54, 1.807) is 13.3 Å². The van der Waals surface area contributed by atoms with E-state index in [9.17, 15) is 0 Å². The first-order valence-electron chi connectivity index (χ1n) is 9.20. The van der Waals surface area contributed by atoms with Crippen LogP contribution in [0.15, 0.2) is 77.0 Å². The highest BCUT2D eigenvalue weighted by molar-refractivity contribution is 7.98. The zero-order chi connectivity index (χ0) is 20.9. The standard InChI is InChI=1S/C22H19ClN4O2S/c1-3-11-27-21(17-9-4-5-10-18(17)28-2)25-26-22(27)30-14-20-24-13-19(29-20)15-7-6-8-16(23)12-15/h3-10,12-13H,1,11,14H2,2H3. The Labute approximate surface area is 183 Å². The lowest BCUT2D eigenvalue weighted by atomic mass is 10.2. The Morgan fingerprint density at radius 1 is 1.20 bits per heavy atom. The third-order valence-corrected chi connectivity index (χ3v) is 5.55. The maximum absolute atomic E-state index is 6.06. The second-order valence-corrected chi connectivity index (χ2v) is 7.70. The highest BCUT2D eigenvalue weighted by Gasteiger charge is 2.17. The number of halogens is 1. The Kier molecular flexibility index (Phi) is 6.21. The molecule has 0 spiro atoms. The van der Waals surface area contributed by atoms with Gasteiger partial charge in [0.25, 0.3) is 0 Å². The van der Waals surface area contributed by atoms with Crippen LogP contribution in [-0.4, -0.2) is 26.9 Å². The van der Waals surface area contributed by atoms with E-state index < -0.39 is 0 Å². The Morgan fingerprint density at radius 2 is 2.07 bits per heavy atom. The number of hydrogen-bond donors (Lipinski definition) is 0. The molecule has 0 saturated carbocycles. The second kappa shape index (κ2) is 9.19. The molecule has 0 atom stereocenters. The number of oxazole rings is 1. The number of rotatable bonds is 8. The van der Waals surface area contributed by atoms with Crippen molar-refractivity contribution >= 4 is 23.4 Å². The molecule has 0 aliphatic carbocycles. The van der Waals surface area contributed by atoms with E-state index in [1.165, 1.54) is 11.8 Å². The van der Waals surface area contributed by atoms with Crippen molar-refractivity contribution in [1.29, 1.82) is 0 Å². The van der Waals surface area contributed by atoms with E-state index in [0.717, 1.165) is 27.9 Å². The molecule has 0 aliphatic heterocycles. The molecule has 2 heterocycles. The molecule has 30 heavy (non-hydrogen) atoms. The summed E-state index contributed by atoms with van der Waals surface area (Å²) in [6.45, 7) is 4.43. The number of hydrogen-bond acceptors (Lipinski definition) is 6. The number of ether oxygens (including phenoxy) is 1. The van der Waals surface area contributed by atoms with Gasteiger partial charge in [-0.3, -0.25) is 4.57 Å². The van der Waals surface area contributed by atoms with Gasteiger partial charge in [0.1, 0.15) is 5.75 Å². The molecule has 8 heteroatoms. The fraction of sp³-hybridized carbons (Fsp3) is 0.136. The third kappa shape index (κ3) is 4.27. The average molecular weight is 439 g/mol. The van der Waals surface area contributed by atoms with E-state index in [1.807, 2.05) is 59.2 Å². The zero-order valence-electron chi connectivity index (χ0n) is 16.3. The lowest BCUT2D eigenvalue weighted by Crippen LogP contribution is -2.01. The highest BCUT2D eigenvalue weighted by atomic mass is 35.5. The lowest BCUT2D eigenvalue weighted by molar-refractivity contribution is 0.416. The molecule has 152 valence electrons. The first-order valence-corrected chi connectivity index (χ1v) is 10.6. The van der Waals surface area contributed by atoms with Gasteiger partial charge in [-0.1, -0.05) is 53.7 Å². The van der Waals surface area contributed by atoms with Gasteiger partial charge in [-0.25, -0.2) is 4.98 Å². The topological polar surface area (TPSA) is 66.0 Å². The Bertz CT molecular complexity index is 1170. The van der Waals surface area contributed by atoms with Crippen LogP contribution in [0.4, 0.5) is 0 Å². The van der Waals surface area contributed by atoms with Crippen LogP contribution in [0, 0.1) is 0 Å². The smallest absolute Gasteiger partial charge is 0.205 e. The van der Waals surface area contributed by atoms with Crippen molar-refractivity contribution < 1.29 is 9.15 Å². The van der Waals surface area contributed by atoms with Crippen molar-refractivity contribution in [2.75, 3.05) is 7.11 Å². The van der Waals surface area contributed by atoms with Crippen molar-refractivity contribution in [1.82, 2.24) is 19.7 Å². The number of aromatic nitrogens is 4. The SMILES string of the molecule is C=CCn1c(SCc2ncc(-c3cccc(Cl)c3)o2)nnc1-c1ccccc1OC. The fourth-order valence-corrected chi connectivity index (χ4v) is 3.99. The predicted molar refractivity (Wildman–Crippen MR) is 119 cm³/mol. The minimum atomic E-state index is 0.516. The fourth-order valence-electron chi connectivity index (χ4n) is 3.00. The monoisotopic (exact) mass is 438 g/mol. The van der Waals surface area contributed by atoms with Gasteiger partial charge in [0.15, 0.2) is 16.7 Å². The maximum Gasteiger partial charge on any atom is 0.205 e. The molecular formula is C22H19ClN4O2S. The second-order valence-electron chi connectivity index (χ2n) is 6.32. The molecule has 6 nitrogen and oxygen atoms in total. The summed E-state index contributed by atoms with van der Waals surface area (Å²) < 4.78 is 13.4. The Balaban J connectivity index is 1.56. The molecule has 0 amide bonds. The van der Waals surface area contributed by atoms with E-state index in [-0.39, 0.29) is 0 Å². The summed E-state index contributed by atoms with van der Waals surface area (Å²) in [5, 5.41) is 10.2. The number of methoxy groups -OCH3 is 1. The molecule has 0 aliphatic rings. The molecule has 0 radical (unpaired) electrons. The van der Waals surface area contributed by atoms with Crippen LogP contribution in [0.2, 0.25) is 5.02 Å². The van der Waals surface area contributed by atoms with Gasteiger partial charge in [0.05, 0.1) is 24.6 Å². The van der Waals surface area contributed by atoms with Crippen molar-refractivity contribution in [2.24, 2.45) is 0 Å². The van der Waals surface area contributed by atoms with Crippen molar-refractivity contribution in [2.45, 2.75) is 17.5 Å². The van der Waals surface area contributed by atoms with Crippen LogP contribution in [0.25, 0.3) is 22.7 Å². The summed E-state index contributed by atoms with van der Waals surface area (Å²) in [6.07, 6.45) is 3.52. The maximum atomic E-state index is 6.06. The number of allylic oxidation sites excluding steroid dienone is 1. The van der Waals surface area contributed by atoms with Gasteiger partial charge in [0.2, 0.25) is 5.89 Å². The minimum absolute atomic E-state index is 0.516. The quantitative estimate of drug-likeness (QED) is 0.258. The van der Waals surface area contributed by atoms with Gasteiger partial charge in [-0.15, -0.1) is 16.8 Å².